The molecule has 1 saturated heterocycles. The molecule has 0 spiro atoms. The first-order valence-corrected chi connectivity index (χ1v) is 14.8. The van der Waals surface area contributed by atoms with Gasteiger partial charge in [0, 0.05) is 22.5 Å². The van der Waals surface area contributed by atoms with Gasteiger partial charge < -0.3 is 14.7 Å². The molecule has 1 atom stereocenters. The lowest BCUT2D eigenvalue weighted by molar-refractivity contribution is -0.141. The fourth-order valence-corrected chi connectivity index (χ4v) is 6.01. The highest BCUT2D eigenvalue weighted by Crippen LogP contribution is 2.33. The van der Waals surface area contributed by atoms with Crippen LogP contribution in [0.4, 0.5) is 4.39 Å². The van der Waals surface area contributed by atoms with Gasteiger partial charge in [-0.25, -0.2) is 9.18 Å². The Hall–Kier alpha value is -4.53. The van der Waals surface area contributed by atoms with E-state index in [0.717, 1.165) is 21.6 Å². The molecule has 0 amide bonds. The molecule has 4 aromatic rings. The second-order valence-corrected chi connectivity index (χ2v) is 11.7. The molecule has 1 aliphatic rings. The number of hydrogen-bond acceptors (Lipinski definition) is 5. The fraction of sp³-hybridized carbons (Fsp3) is 0.114. The zero-order valence-electron chi connectivity index (χ0n) is 23.1. The zero-order chi connectivity index (χ0) is 30.2. The van der Waals surface area contributed by atoms with E-state index in [1.165, 1.54) is 23.9 Å². The summed E-state index contributed by atoms with van der Waals surface area (Å²) in [5, 5.41) is 9.89. The molecule has 1 unspecified atom stereocenters. The molecule has 0 bridgehead atoms. The highest BCUT2D eigenvalue weighted by atomic mass is 32.2. The second kappa shape index (κ2) is 14.1. The standard InChI is InChI=1S/C35H28FNO4S2/c36-31-9-5-4-8-28(31)23-41-29-17-15-27(16-18-29)33(38)19-14-24-10-12-26(13-11-24)20-30-22-37(35(42)43-30)32(34(39)40)21-25-6-2-1-3-7-25/h1-20,32H,21-23H2,(H,39,40)/b19-14+,30-20?. The SMILES string of the molecule is O=C(/C=C/c1ccc(C=C2CN(C(Cc3ccccc3)C(=O)O)C(=S)S2)cc1)c1ccc(OCc2ccccc2F)cc1. The first-order chi connectivity index (χ1) is 20.9. The molecule has 216 valence electrons. The highest BCUT2D eigenvalue weighted by Gasteiger charge is 2.33. The van der Waals surface area contributed by atoms with E-state index in [9.17, 15) is 19.1 Å². The molecule has 1 aliphatic heterocycles. The molecule has 1 heterocycles. The smallest absolute Gasteiger partial charge is 0.326 e. The Kier molecular flexibility index (Phi) is 9.81. The summed E-state index contributed by atoms with van der Waals surface area (Å²) in [5.74, 6) is -0.817. The first kappa shape index (κ1) is 29.9. The van der Waals surface area contributed by atoms with Crippen LogP contribution in [0.1, 0.15) is 32.6 Å². The number of benzene rings is 4. The summed E-state index contributed by atoms with van der Waals surface area (Å²) in [7, 11) is 0. The number of allylic oxidation sites excluding steroid dienone is 1. The van der Waals surface area contributed by atoms with Gasteiger partial charge in [-0.15, -0.1) is 0 Å². The Morgan fingerprint density at radius 2 is 1.60 bits per heavy atom. The molecular weight excluding hydrogens is 582 g/mol. The Balaban J connectivity index is 1.16. The molecule has 1 fully saturated rings. The molecule has 43 heavy (non-hydrogen) atoms. The Bertz CT molecular complexity index is 1670. The maximum absolute atomic E-state index is 13.8. The van der Waals surface area contributed by atoms with Crippen molar-refractivity contribution in [3.05, 3.63) is 148 Å². The van der Waals surface area contributed by atoms with Crippen LogP contribution in [0, 0.1) is 5.82 Å². The summed E-state index contributed by atoms with van der Waals surface area (Å²) in [4.78, 5) is 27.5. The van der Waals surface area contributed by atoms with Gasteiger partial charge in [-0.1, -0.05) is 103 Å². The number of thioether (sulfide) groups is 1. The number of ketones is 1. The van der Waals surface area contributed by atoms with Crippen LogP contribution in [0.3, 0.4) is 0 Å². The van der Waals surface area contributed by atoms with Crippen molar-refractivity contribution < 1.29 is 23.8 Å². The molecule has 5 nitrogen and oxygen atoms in total. The van der Waals surface area contributed by atoms with Crippen molar-refractivity contribution in [1.29, 1.82) is 0 Å². The molecule has 0 radical (unpaired) electrons. The van der Waals surface area contributed by atoms with Crippen LogP contribution in [0.15, 0.2) is 114 Å². The number of carboxylic acids is 1. The molecule has 1 N–H and O–H groups in total. The van der Waals surface area contributed by atoms with Crippen molar-refractivity contribution in [3.8, 4) is 5.75 Å². The van der Waals surface area contributed by atoms with E-state index in [-0.39, 0.29) is 18.2 Å². The third-order valence-electron chi connectivity index (χ3n) is 6.89. The van der Waals surface area contributed by atoms with Gasteiger partial charge >= 0.3 is 5.97 Å². The minimum Gasteiger partial charge on any atom is -0.489 e. The van der Waals surface area contributed by atoms with Crippen molar-refractivity contribution in [2.24, 2.45) is 0 Å². The first-order valence-electron chi connectivity index (χ1n) is 13.6. The number of ether oxygens (including phenoxy) is 1. The average Bonchev–Trinajstić information content (AvgIpc) is 3.38. The second-order valence-electron chi connectivity index (χ2n) is 9.92. The Morgan fingerprint density at radius 3 is 2.30 bits per heavy atom. The summed E-state index contributed by atoms with van der Waals surface area (Å²) in [6, 6.07) is 29.7. The van der Waals surface area contributed by atoms with Gasteiger partial charge in [0.2, 0.25) is 0 Å². The van der Waals surface area contributed by atoms with Crippen molar-refractivity contribution in [2.75, 3.05) is 6.54 Å². The van der Waals surface area contributed by atoms with Crippen LogP contribution >= 0.6 is 24.0 Å². The summed E-state index contributed by atoms with van der Waals surface area (Å²) < 4.78 is 20.0. The minimum absolute atomic E-state index is 0.104. The van der Waals surface area contributed by atoms with E-state index < -0.39 is 12.0 Å². The minimum atomic E-state index is -0.900. The van der Waals surface area contributed by atoms with Crippen LogP contribution in [0.2, 0.25) is 0 Å². The van der Waals surface area contributed by atoms with E-state index in [1.54, 1.807) is 53.4 Å². The lowest BCUT2D eigenvalue weighted by atomic mass is 10.0. The maximum Gasteiger partial charge on any atom is 0.326 e. The quantitative estimate of drug-likeness (QED) is 0.106. The predicted octanol–water partition coefficient (Wildman–Crippen LogP) is 7.67. The fourth-order valence-electron chi connectivity index (χ4n) is 4.57. The largest absolute Gasteiger partial charge is 0.489 e. The molecule has 8 heteroatoms. The number of carboxylic acid groups (broad SMARTS) is 1. The third-order valence-corrected chi connectivity index (χ3v) is 8.30. The predicted molar refractivity (Wildman–Crippen MR) is 173 cm³/mol. The van der Waals surface area contributed by atoms with Crippen LogP contribution in [0.25, 0.3) is 12.2 Å². The summed E-state index contributed by atoms with van der Waals surface area (Å²) >= 11 is 6.95. The van der Waals surface area contributed by atoms with Gasteiger partial charge in [-0.05, 0) is 59.2 Å². The Morgan fingerprint density at radius 1 is 0.930 bits per heavy atom. The normalized spacial score (nSPS) is 14.8. The van der Waals surface area contributed by atoms with E-state index in [0.29, 0.717) is 34.2 Å². The zero-order valence-corrected chi connectivity index (χ0v) is 24.7. The summed E-state index contributed by atoms with van der Waals surface area (Å²) in [6.45, 7) is 0.545. The topological polar surface area (TPSA) is 66.8 Å². The molecule has 0 aromatic heterocycles. The number of thiocarbonyl (C=S) groups is 1. The van der Waals surface area contributed by atoms with Crippen LogP contribution in [0.5, 0.6) is 5.75 Å². The van der Waals surface area contributed by atoms with Gasteiger partial charge in [0.15, 0.2) is 5.78 Å². The van der Waals surface area contributed by atoms with E-state index in [4.69, 9.17) is 17.0 Å². The average molecular weight is 610 g/mol. The van der Waals surface area contributed by atoms with E-state index in [1.807, 2.05) is 60.7 Å². The van der Waals surface area contributed by atoms with Crippen molar-refractivity contribution in [1.82, 2.24) is 4.90 Å². The highest BCUT2D eigenvalue weighted by molar-refractivity contribution is 8.25. The number of carbonyl (C=O) groups is 2. The van der Waals surface area contributed by atoms with Gasteiger partial charge in [0.1, 0.15) is 28.5 Å². The molecule has 4 aromatic carbocycles. The molecule has 0 saturated carbocycles. The van der Waals surface area contributed by atoms with Crippen LogP contribution in [-0.2, 0) is 17.8 Å². The lowest BCUT2D eigenvalue weighted by Gasteiger charge is -2.25. The maximum atomic E-state index is 13.8. The number of carbonyl (C=O) groups excluding carboxylic acids is 1. The van der Waals surface area contributed by atoms with Crippen molar-refractivity contribution in [2.45, 2.75) is 19.1 Å². The Labute approximate surface area is 259 Å². The van der Waals surface area contributed by atoms with Crippen LogP contribution < -0.4 is 4.74 Å². The number of halogens is 1. The van der Waals surface area contributed by atoms with E-state index in [2.05, 4.69) is 0 Å². The summed E-state index contributed by atoms with van der Waals surface area (Å²) in [6.07, 6.45) is 5.65. The molecule has 5 rings (SSSR count). The monoisotopic (exact) mass is 609 g/mol. The molecule has 0 aliphatic carbocycles. The number of hydrogen-bond donors (Lipinski definition) is 1. The van der Waals surface area contributed by atoms with Gasteiger partial charge in [0.05, 0.1) is 6.54 Å². The third kappa shape index (κ3) is 8.06. The summed E-state index contributed by atoms with van der Waals surface area (Å²) in [5.41, 5.74) is 3.75. The van der Waals surface area contributed by atoms with Gasteiger partial charge in [0.25, 0.3) is 0 Å². The van der Waals surface area contributed by atoms with Crippen LogP contribution in [-0.4, -0.2) is 38.7 Å². The number of rotatable bonds is 11. The van der Waals surface area contributed by atoms with Crippen molar-refractivity contribution >= 4 is 52.2 Å². The van der Waals surface area contributed by atoms with E-state index >= 15 is 0 Å². The molecular formula is C35H28FNO4S2. The number of nitrogens with zero attached hydrogens (tertiary/aromatic N) is 1. The van der Waals surface area contributed by atoms with Gasteiger partial charge in [-0.3, -0.25) is 4.79 Å². The van der Waals surface area contributed by atoms with Crippen molar-refractivity contribution in [3.63, 3.8) is 0 Å². The van der Waals surface area contributed by atoms with Gasteiger partial charge in [-0.2, -0.15) is 0 Å². The number of aliphatic carboxylic acids is 1. The lowest BCUT2D eigenvalue weighted by Crippen LogP contribution is -2.42.